The monoisotopic (exact) mass is 309 g/mol. The summed E-state index contributed by atoms with van der Waals surface area (Å²) in [6, 6.07) is 0. The van der Waals surface area contributed by atoms with Crippen LogP contribution in [0.1, 0.15) is 23.4 Å². The summed E-state index contributed by atoms with van der Waals surface area (Å²) in [4.78, 5) is 20.2. The summed E-state index contributed by atoms with van der Waals surface area (Å²) >= 11 is 1.74. The van der Waals surface area contributed by atoms with Crippen molar-refractivity contribution in [3.63, 3.8) is 0 Å². The zero-order valence-electron chi connectivity index (χ0n) is 12.7. The lowest BCUT2D eigenvalue weighted by molar-refractivity contribution is -0.126. The molecule has 0 bridgehead atoms. The fourth-order valence-electron chi connectivity index (χ4n) is 3.57. The fourth-order valence-corrected chi connectivity index (χ4v) is 4.39. The van der Waals surface area contributed by atoms with Crippen molar-refractivity contribution in [1.82, 2.24) is 15.2 Å². The van der Waals surface area contributed by atoms with Crippen LogP contribution >= 0.6 is 11.3 Å². The quantitative estimate of drug-likeness (QED) is 0.914. The van der Waals surface area contributed by atoms with Crippen molar-refractivity contribution < 1.29 is 9.53 Å². The number of aryl methyl sites for hydroxylation is 1. The van der Waals surface area contributed by atoms with E-state index < -0.39 is 0 Å². The highest BCUT2D eigenvalue weighted by molar-refractivity contribution is 7.09. The molecule has 2 saturated heterocycles. The molecule has 1 N–H and O–H groups in total. The summed E-state index contributed by atoms with van der Waals surface area (Å²) in [5, 5.41) is 3.04. The van der Waals surface area contributed by atoms with E-state index in [1.54, 1.807) is 18.4 Å². The molecule has 0 aliphatic carbocycles. The number of likely N-dealkylation sites (tertiary alicyclic amines) is 1. The van der Waals surface area contributed by atoms with Gasteiger partial charge in [-0.1, -0.05) is 0 Å². The molecule has 1 spiro atoms. The van der Waals surface area contributed by atoms with Crippen LogP contribution in [0.2, 0.25) is 0 Å². The van der Waals surface area contributed by atoms with Crippen LogP contribution < -0.4 is 5.32 Å². The first kappa shape index (κ1) is 14.9. The van der Waals surface area contributed by atoms with Gasteiger partial charge in [0.05, 0.1) is 23.7 Å². The topological polar surface area (TPSA) is 54.5 Å². The number of ether oxygens (including phenoxy) is 1. The number of nitrogens with zero attached hydrogens (tertiary/aromatic N) is 2. The Hall–Kier alpha value is -0.980. The first-order valence-electron chi connectivity index (χ1n) is 7.52. The van der Waals surface area contributed by atoms with E-state index in [-0.39, 0.29) is 17.2 Å². The van der Waals surface area contributed by atoms with Gasteiger partial charge in [0.15, 0.2) is 0 Å². The number of piperidine rings is 1. The Balaban J connectivity index is 1.62. The molecule has 0 aromatic carbocycles. The molecule has 1 atom stereocenters. The predicted molar refractivity (Wildman–Crippen MR) is 82.2 cm³/mol. The molecule has 116 valence electrons. The second-order valence-electron chi connectivity index (χ2n) is 6.23. The molecule has 3 rings (SSSR count). The largest absolute Gasteiger partial charge is 0.384 e. The van der Waals surface area contributed by atoms with Crippen LogP contribution in [-0.4, -0.2) is 49.1 Å². The van der Waals surface area contributed by atoms with Gasteiger partial charge in [-0.15, -0.1) is 11.3 Å². The maximum absolute atomic E-state index is 12.0. The second kappa shape index (κ2) is 6.02. The highest BCUT2D eigenvalue weighted by Crippen LogP contribution is 2.42. The van der Waals surface area contributed by atoms with Gasteiger partial charge in [0.2, 0.25) is 5.91 Å². The van der Waals surface area contributed by atoms with Crippen LogP contribution in [0, 0.1) is 18.3 Å². The van der Waals surface area contributed by atoms with Crippen LogP contribution in [0.25, 0.3) is 0 Å². The summed E-state index contributed by atoms with van der Waals surface area (Å²) in [5.41, 5.74) is 3.17. The van der Waals surface area contributed by atoms with Crippen molar-refractivity contribution in [2.75, 3.05) is 33.4 Å². The molecule has 1 aromatic rings. The SMILES string of the molecule is COC[C@@H]1C(=O)NCC12CCN(Cc1scnc1C)CC2. The number of amides is 1. The number of thiazole rings is 1. The number of rotatable bonds is 4. The molecule has 0 radical (unpaired) electrons. The number of methoxy groups -OCH3 is 1. The Bertz CT molecular complexity index is 509. The van der Waals surface area contributed by atoms with Gasteiger partial charge in [-0.25, -0.2) is 4.98 Å². The van der Waals surface area contributed by atoms with Crippen molar-refractivity contribution in [3.05, 3.63) is 16.1 Å². The van der Waals surface area contributed by atoms with Gasteiger partial charge in [-0.2, -0.15) is 0 Å². The average molecular weight is 309 g/mol. The third kappa shape index (κ3) is 2.84. The standard InChI is InChI=1S/C15H23N3O2S/c1-11-13(21-10-17-11)7-18-5-3-15(4-6-18)9-16-14(19)12(15)8-20-2/h10,12H,3-9H2,1-2H3,(H,16,19)/t12-/m1/s1. The van der Waals surface area contributed by atoms with Crippen molar-refractivity contribution in [2.24, 2.45) is 11.3 Å². The van der Waals surface area contributed by atoms with Crippen LogP contribution in [0.3, 0.4) is 0 Å². The van der Waals surface area contributed by atoms with Gasteiger partial charge >= 0.3 is 0 Å². The van der Waals surface area contributed by atoms with Crippen LogP contribution in [0.4, 0.5) is 0 Å². The average Bonchev–Trinajstić information content (AvgIpc) is 3.01. The molecule has 3 heterocycles. The van der Waals surface area contributed by atoms with Crippen LogP contribution in [0.5, 0.6) is 0 Å². The van der Waals surface area contributed by atoms with E-state index in [1.807, 2.05) is 5.51 Å². The summed E-state index contributed by atoms with van der Waals surface area (Å²) in [6.45, 7) is 6.51. The number of carbonyl (C=O) groups is 1. The lowest BCUT2D eigenvalue weighted by atomic mass is 9.71. The van der Waals surface area contributed by atoms with Crippen molar-refractivity contribution in [3.8, 4) is 0 Å². The molecule has 5 nitrogen and oxygen atoms in total. The van der Waals surface area contributed by atoms with E-state index >= 15 is 0 Å². The molecule has 1 amide bonds. The Morgan fingerprint density at radius 2 is 2.29 bits per heavy atom. The van der Waals surface area contributed by atoms with E-state index in [0.29, 0.717) is 6.61 Å². The first-order valence-corrected chi connectivity index (χ1v) is 8.40. The number of hydrogen-bond donors (Lipinski definition) is 1. The smallest absolute Gasteiger partial charge is 0.226 e. The van der Waals surface area contributed by atoms with Gasteiger partial charge in [0.25, 0.3) is 0 Å². The van der Waals surface area contributed by atoms with Gasteiger partial charge in [0.1, 0.15) is 0 Å². The molecular formula is C15H23N3O2S. The minimum atomic E-state index is 0.0230. The van der Waals surface area contributed by atoms with Crippen molar-refractivity contribution in [1.29, 1.82) is 0 Å². The number of aromatic nitrogens is 1. The van der Waals surface area contributed by atoms with E-state index in [9.17, 15) is 4.79 Å². The summed E-state index contributed by atoms with van der Waals surface area (Å²) in [5.74, 6) is 0.193. The maximum Gasteiger partial charge on any atom is 0.226 e. The molecule has 0 unspecified atom stereocenters. The van der Waals surface area contributed by atoms with Crippen LogP contribution in [-0.2, 0) is 16.1 Å². The number of hydrogen-bond acceptors (Lipinski definition) is 5. The van der Waals surface area contributed by atoms with E-state index in [0.717, 1.165) is 44.7 Å². The van der Waals surface area contributed by atoms with Gasteiger partial charge in [-0.3, -0.25) is 9.69 Å². The lowest BCUT2D eigenvalue weighted by Crippen LogP contribution is -2.45. The highest BCUT2D eigenvalue weighted by Gasteiger charge is 2.49. The third-order valence-corrected chi connectivity index (χ3v) is 5.99. The Morgan fingerprint density at radius 3 is 2.90 bits per heavy atom. The Kier molecular flexibility index (Phi) is 4.28. The zero-order valence-corrected chi connectivity index (χ0v) is 13.5. The highest BCUT2D eigenvalue weighted by atomic mass is 32.1. The molecule has 1 aromatic heterocycles. The predicted octanol–water partition coefficient (Wildman–Crippen LogP) is 1.43. The third-order valence-electron chi connectivity index (χ3n) is 5.07. The Morgan fingerprint density at radius 1 is 1.52 bits per heavy atom. The van der Waals surface area contributed by atoms with E-state index in [2.05, 4.69) is 22.1 Å². The molecular weight excluding hydrogens is 286 g/mol. The van der Waals surface area contributed by atoms with Crippen LogP contribution in [0.15, 0.2) is 5.51 Å². The molecule has 21 heavy (non-hydrogen) atoms. The molecule has 2 fully saturated rings. The minimum absolute atomic E-state index is 0.0230. The van der Waals surface area contributed by atoms with Crippen molar-refractivity contribution in [2.45, 2.75) is 26.3 Å². The normalized spacial score (nSPS) is 25.4. The summed E-state index contributed by atoms with van der Waals surface area (Å²) < 4.78 is 5.27. The number of nitrogens with one attached hydrogen (secondary N) is 1. The summed E-state index contributed by atoms with van der Waals surface area (Å²) in [6.07, 6.45) is 2.13. The van der Waals surface area contributed by atoms with Gasteiger partial charge in [-0.05, 0) is 32.9 Å². The molecule has 2 aliphatic heterocycles. The van der Waals surface area contributed by atoms with Crippen molar-refractivity contribution >= 4 is 17.2 Å². The van der Waals surface area contributed by atoms with E-state index in [1.165, 1.54) is 4.88 Å². The minimum Gasteiger partial charge on any atom is -0.384 e. The maximum atomic E-state index is 12.0. The lowest BCUT2D eigenvalue weighted by Gasteiger charge is -2.41. The molecule has 6 heteroatoms. The molecule has 2 aliphatic rings. The first-order chi connectivity index (χ1) is 10.1. The van der Waals surface area contributed by atoms with E-state index in [4.69, 9.17) is 4.74 Å². The summed E-state index contributed by atoms with van der Waals surface area (Å²) in [7, 11) is 1.68. The number of carbonyl (C=O) groups excluding carboxylic acids is 1. The Labute approximate surface area is 129 Å². The van der Waals surface area contributed by atoms with Gasteiger partial charge < -0.3 is 10.1 Å². The fraction of sp³-hybridized carbons (Fsp3) is 0.733. The second-order valence-corrected chi connectivity index (χ2v) is 7.16. The molecule has 0 saturated carbocycles. The van der Waals surface area contributed by atoms with Gasteiger partial charge in [0, 0.05) is 30.5 Å². The zero-order chi connectivity index (χ0) is 14.9.